The van der Waals surface area contributed by atoms with E-state index in [0.717, 1.165) is 16.7 Å². The molecule has 2 heterocycles. The highest BCUT2D eigenvalue weighted by molar-refractivity contribution is 8.00. The number of hydrogen-bond acceptors (Lipinski definition) is 7. The number of aryl methyl sites for hydroxylation is 1. The van der Waals surface area contributed by atoms with E-state index < -0.39 is 23.5 Å². The van der Waals surface area contributed by atoms with Crippen molar-refractivity contribution >= 4 is 57.6 Å². The van der Waals surface area contributed by atoms with E-state index in [0.29, 0.717) is 25.8 Å². The van der Waals surface area contributed by atoms with E-state index in [1.54, 1.807) is 6.08 Å². The van der Waals surface area contributed by atoms with E-state index in [1.165, 1.54) is 34.1 Å². The number of halogens is 1. The van der Waals surface area contributed by atoms with Crippen molar-refractivity contribution in [1.82, 2.24) is 10.2 Å². The van der Waals surface area contributed by atoms with E-state index in [9.17, 15) is 14.7 Å². The number of carbonyl (C=O) groups is 2. The van der Waals surface area contributed by atoms with Crippen molar-refractivity contribution in [1.29, 1.82) is 0 Å². The maximum atomic E-state index is 13.4. The monoisotopic (exact) mass is 559 g/mol. The Bertz CT molecular complexity index is 1550. The lowest BCUT2D eigenvalue weighted by Crippen LogP contribution is -2.30. The molecule has 1 unspecified atom stereocenters. The Kier molecular flexibility index (Phi) is 7.74. The van der Waals surface area contributed by atoms with Crippen molar-refractivity contribution in [2.45, 2.75) is 23.1 Å². The van der Waals surface area contributed by atoms with Gasteiger partial charge in [0.25, 0.3) is 5.91 Å². The molecule has 0 fully saturated rings. The molecule has 6 nitrogen and oxygen atoms in total. The van der Waals surface area contributed by atoms with Crippen LogP contribution >= 0.6 is 34.7 Å². The Hall–Kier alpha value is -3.72. The third kappa shape index (κ3) is 5.43. The van der Waals surface area contributed by atoms with Crippen LogP contribution in [0, 0.1) is 6.92 Å². The topological polar surface area (TPSA) is 83.4 Å². The molecule has 9 heteroatoms. The fourth-order valence-electron chi connectivity index (χ4n) is 4.06. The predicted molar refractivity (Wildman–Crippen MR) is 152 cm³/mol. The molecule has 1 aromatic heterocycles. The van der Waals surface area contributed by atoms with Crippen molar-refractivity contribution in [2.24, 2.45) is 0 Å². The molecule has 1 aliphatic heterocycles. The quantitative estimate of drug-likeness (QED) is 0.142. The smallest absolute Gasteiger partial charge is 0.296 e. The number of aromatic nitrogens is 2. The Morgan fingerprint density at radius 1 is 1.05 bits per heavy atom. The molecule has 1 N–H and O–H groups in total. The number of allylic oxidation sites excluding steroid dienone is 1. The van der Waals surface area contributed by atoms with Gasteiger partial charge in [-0.05, 0) is 35.8 Å². The number of amides is 1. The molecule has 0 bridgehead atoms. The highest BCUT2D eigenvalue weighted by Gasteiger charge is 2.45. The second kappa shape index (κ2) is 11.3. The van der Waals surface area contributed by atoms with Gasteiger partial charge in [-0.3, -0.25) is 14.5 Å². The largest absolute Gasteiger partial charge is 0.503 e. The number of rotatable bonds is 8. The van der Waals surface area contributed by atoms with Gasteiger partial charge in [0.15, 0.2) is 15.9 Å². The van der Waals surface area contributed by atoms with Gasteiger partial charge in [0, 0.05) is 10.8 Å². The lowest BCUT2D eigenvalue weighted by Gasteiger charge is -2.23. The van der Waals surface area contributed by atoms with Gasteiger partial charge in [-0.1, -0.05) is 119 Å². The number of aliphatic hydroxyl groups is 1. The molecule has 0 aliphatic carbocycles. The van der Waals surface area contributed by atoms with Gasteiger partial charge in [0.05, 0.1) is 11.6 Å². The van der Waals surface area contributed by atoms with Gasteiger partial charge in [0.2, 0.25) is 5.13 Å². The van der Waals surface area contributed by atoms with Crippen molar-refractivity contribution in [2.75, 3.05) is 4.90 Å². The number of aliphatic hydroxyl groups excluding tert-OH is 1. The van der Waals surface area contributed by atoms with Crippen LogP contribution in [0.2, 0.25) is 5.02 Å². The average Bonchev–Trinajstić information content (AvgIpc) is 3.50. The zero-order valence-corrected chi connectivity index (χ0v) is 22.6. The molecule has 5 rings (SSSR count). The molecule has 0 spiro atoms. The number of ketones is 1. The third-order valence-electron chi connectivity index (χ3n) is 6.00. The lowest BCUT2D eigenvalue weighted by atomic mass is 9.95. The van der Waals surface area contributed by atoms with Gasteiger partial charge >= 0.3 is 0 Å². The molecule has 1 aliphatic rings. The first-order valence-electron chi connectivity index (χ1n) is 11.7. The normalized spacial score (nSPS) is 15.6. The van der Waals surface area contributed by atoms with Gasteiger partial charge in [-0.2, -0.15) is 0 Å². The minimum atomic E-state index is -0.842. The molecular weight excluding hydrogens is 538 g/mol. The Labute approximate surface area is 233 Å². The number of hydrogen-bond donors (Lipinski definition) is 1. The first kappa shape index (κ1) is 25.9. The van der Waals surface area contributed by atoms with Gasteiger partial charge in [-0.25, -0.2) is 0 Å². The standard InChI is InChI=1S/C29H22ClN3O3S2/c1-18-11-14-20(15-12-18)25-24(23(34)16-13-19-7-3-2-4-8-19)26(35)27(36)33(25)28-31-32-29(38-28)37-17-21-9-5-6-10-22(21)30/h2-16,25,35H,17H2,1H3. The van der Waals surface area contributed by atoms with Crippen LogP contribution in [0.3, 0.4) is 0 Å². The van der Waals surface area contributed by atoms with Gasteiger partial charge < -0.3 is 5.11 Å². The van der Waals surface area contributed by atoms with Crippen LogP contribution in [0.25, 0.3) is 6.08 Å². The molecule has 4 aromatic rings. The summed E-state index contributed by atoms with van der Waals surface area (Å²) in [7, 11) is 0. The predicted octanol–water partition coefficient (Wildman–Crippen LogP) is 6.97. The molecule has 0 radical (unpaired) electrons. The maximum Gasteiger partial charge on any atom is 0.296 e. The zero-order chi connectivity index (χ0) is 26.6. The molecule has 1 atom stereocenters. The minimum Gasteiger partial charge on any atom is -0.503 e. The fraction of sp³-hybridized carbons (Fsp3) is 0.103. The van der Waals surface area contributed by atoms with Crippen molar-refractivity contribution < 1.29 is 14.7 Å². The van der Waals surface area contributed by atoms with Crippen LogP contribution in [0.4, 0.5) is 5.13 Å². The van der Waals surface area contributed by atoms with Crippen LogP contribution in [-0.4, -0.2) is 27.0 Å². The van der Waals surface area contributed by atoms with Crippen LogP contribution < -0.4 is 4.90 Å². The first-order valence-corrected chi connectivity index (χ1v) is 13.9. The summed E-state index contributed by atoms with van der Waals surface area (Å²) in [6, 6.07) is 23.6. The fourth-order valence-corrected chi connectivity index (χ4v) is 6.21. The van der Waals surface area contributed by atoms with Crippen LogP contribution in [0.1, 0.15) is 28.3 Å². The van der Waals surface area contributed by atoms with Gasteiger partial charge in [0.1, 0.15) is 0 Å². The minimum absolute atomic E-state index is 0.00602. The second-order valence-electron chi connectivity index (χ2n) is 8.59. The summed E-state index contributed by atoms with van der Waals surface area (Å²) in [5.74, 6) is -1.14. The van der Waals surface area contributed by atoms with E-state index >= 15 is 0 Å². The molecule has 1 amide bonds. The van der Waals surface area contributed by atoms with E-state index in [-0.39, 0.29) is 5.57 Å². The first-order chi connectivity index (χ1) is 18.4. The summed E-state index contributed by atoms with van der Waals surface area (Å²) in [5, 5.41) is 20.4. The molecule has 0 saturated carbocycles. The molecular formula is C29H22ClN3O3S2. The van der Waals surface area contributed by atoms with Gasteiger partial charge in [-0.15, -0.1) is 10.2 Å². The summed E-state index contributed by atoms with van der Waals surface area (Å²) in [4.78, 5) is 28.0. The van der Waals surface area contributed by atoms with Crippen molar-refractivity contribution in [3.8, 4) is 0 Å². The van der Waals surface area contributed by atoms with E-state index in [4.69, 9.17) is 11.6 Å². The molecule has 190 valence electrons. The number of carbonyl (C=O) groups excluding carboxylic acids is 2. The van der Waals surface area contributed by atoms with Crippen molar-refractivity contribution in [3.05, 3.63) is 124 Å². The highest BCUT2D eigenvalue weighted by atomic mass is 35.5. The number of benzene rings is 3. The summed E-state index contributed by atoms with van der Waals surface area (Å²) in [6.45, 7) is 1.95. The Balaban J connectivity index is 1.46. The SMILES string of the molecule is Cc1ccc(C2C(C(=O)C=Cc3ccccc3)=C(O)C(=O)N2c2nnc(SCc3ccccc3Cl)s2)cc1. The zero-order valence-electron chi connectivity index (χ0n) is 20.2. The van der Waals surface area contributed by atoms with Crippen LogP contribution in [0.5, 0.6) is 0 Å². The van der Waals surface area contributed by atoms with E-state index in [1.807, 2.05) is 85.8 Å². The Morgan fingerprint density at radius 3 is 2.50 bits per heavy atom. The highest BCUT2D eigenvalue weighted by Crippen LogP contribution is 2.43. The molecule has 3 aromatic carbocycles. The maximum absolute atomic E-state index is 13.4. The lowest BCUT2D eigenvalue weighted by molar-refractivity contribution is -0.117. The summed E-state index contributed by atoms with van der Waals surface area (Å²) < 4.78 is 0.638. The second-order valence-corrected chi connectivity index (χ2v) is 11.2. The average molecular weight is 560 g/mol. The molecule has 0 saturated heterocycles. The van der Waals surface area contributed by atoms with Crippen LogP contribution in [0.15, 0.2) is 101 Å². The van der Waals surface area contributed by atoms with Crippen LogP contribution in [-0.2, 0) is 15.3 Å². The summed E-state index contributed by atoms with van der Waals surface area (Å²) in [6.07, 6.45) is 3.04. The van der Waals surface area contributed by atoms with Crippen molar-refractivity contribution in [3.63, 3.8) is 0 Å². The number of anilines is 1. The third-order valence-corrected chi connectivity index (χ3v) is 8.48. The van der Waals surface area contributed by atoms with E-state index in [2.05, 4.69) is 10.2 Å². The summed E-state index contributed by atoms with van der Waals surface area (Å²) >= 11 is 8.95. The molecule has 38 heavy (non-hydrogen) atoms. The number of thioether (sulfide) groups is 1. The number of nitrogens with zero attached hydrogens (tertiary/aromatic N) is 3. The summed E-state index contributed by atoms with van der Waals surface area (Å²) in [5.41, 5.74) is 3.52. The Morgan fingerprint density at radius 2 is 1.76 bits per heavy atom.